The molecule has 0 atom stereocenters. The zero-order valence-corrected chi connectivity index (χ0v) is 11.1. The Balaban J connectivity index is 1.70. The van der Waals surface area contributed by atoms with Crippen molar-refractivity contribution in [2.75, 3.05) is 5.73 Å². The van der Waals surface area contributed by atoms with Gasteiger partial charge < -0.3 is 5.73 Å². The lowest BCUT2D eigenvalue weighted by Crippen LogP contribution is -1.88. The quantitative estimate of drug-likeness (QED) is 0.809. The van der Waals surface area contributed by atoms with Crippen LogP contribution in [0.15, 0.2) is 54.6 Å². The maximum atomic E-state index is 5.83. The number of anilines is 1. The lowest BCUT2D eigenvalue weighted by molar-refractivity contribution is 0.993. The average Bonchev–Trinajstić information content (AvgIpc) is 2.82. The van der Waals surface area contributed by atoms with Crippen LogP contribution in [0.2, 0.25) is 0 Å². The maximum Gasteiger partial charge on any atom is 0.0317 e. The highest BCUT2D eigenvalue weighted by atomic mass is 14.5. The lowest BCUT2D eigenvalue weighted by atomic mass is 10.0. The largest absolute Gasteiger partial charge is 0.399 e. The van der Waals surface area contributed by atoms with Crippen LogP contribution < -0.4 is 5.73 Å². The van der Waals surface area contributed by atoms with Crippen LogP contribution in [-0.4, -0.2) is 0 Å². The number of nitrogen functional groups attached to an aromatic ring is 1. The van der Waals surface area contributed by atoms with Gasteiger partial charge in [0.15, 0.2) is 0 Å². The number of aryl methyl sites for hydroxylation is 2. The van der Waals surface area contributed by atoms with Crippen molar-refractivity contribution in [1.82, 2.24) is 0 Å². The fraction of sp³-hybridized carbons (Fsp3) is 0.222. The third kappa shape index (κ3) is 2.70. The Morgan fingerprint density at radius 2 is 1.84 bits per heavy atom. The fourth-order valence-electron chi connectivity index (χ4n) is 2.81. The molecule has 0 radical (unpaired) electrons. The number of allylic oxidation sites excluding steroid dienone is 2. The predicted octanol–water partition coefficient (Wildman–Crippen LogP) is 4.23. The third-order valence-corrected chi connectivity index (χ3v) is 3.81. The number of hydrogen-bond donors (Lipinski definition) is 1. The summed E-state index contributed by atoms with van der Waals surface area (Å²) in [7, 11) is 0. The summed E-state index contributed by atoms with van der Waals surface area (Å²) < 4.78 is 0. The number of nitrogens with two attached hydrogens (primary N) is 1. The molecule has 2 aromatic carbocycles. The van der Waals surface area contributed by atoms with Gasteiger partial charge in [0, 0.05) is 5.69 Å². The molecule has 0 saturated carbocycles. The maximum absolute atomic E-state index is 5.83. The summed E-state index contributed by atoms with van der Waals surface area (Å²) in [6, 6.07) is 17.0. The summed E-state index contributed by atoms with van der Waals surface area (Å²) in [5, 5.41) is 0. The van der Waals surface area contributed by atoms with Gasteiger partial charge in [-0.1, -0.05) is 42.5 Å². The number of fused-ring (bicyclic) bond motifs is 1. The summed E-state index contributed by atoms with van der Waals surface area (Å²) >= 11 is 0. The summed E-state index contributed by atoms with van der Waals surface area (Å²) in [5.74, 6) is 0. The van der Waals surface area contributed by atoms with Crippen molar-refractivity contribution < 1.29 is 0 Å². The molecule has 0 aliphatic heterocycles. The summed E-state index contributed by atoms with van der Waals surface area (Å²) in [6.45, 7) is 0. The first kappa shape index (κ1) is 12.0. The van der Waals surface area contributed by atoms with E-state index in [-0.39, 0.29) is 0 Å². The van der Waals surface area contributed by atoms with Crippen LogP contribution in [0.25, 0.3) is 5.57 Å². The molecular weight excluding hydrogens is 230 g/mol. The van der Waals surface area contributed by atoms with Crippen LogP contribution in [0.1, 0.15) is 29.5 Å². The van der Waals surface area contributed by atoms with Crippen LogP contribution in [0.5, 0.6) is 0 Å². The van der Waals surface area contributed by atoms with Crippen molar-refractivity contribution in [2.24, 2.45) is 0 Å². The molecule has 19 heavy (non-hydrogen) atoms. The molecule has 1 aliphatic rings. The van der Waals surface area contributed by atoms with E-state index in [4.69, 9.17) is 5.73 Å². The van der Waals surface area contributed by atoms with E-state index in [1.54, 1.807) is 0 Å². The van der Waals surface area contributed by atoms with E-state index in [0.29, 0.717) is 0 Å². The van der Waals surface area contributed by atoms with Crippen LogP contribution in [0.3, 0.4) is 0 Å². The Morgan fingerprint density at radius 3 is 2.68 bits per heavy atom. The highest BCUT2D eigenvalue weighted by Gasteiger charge is 2.15. The minimum absolute atomic E-state index is 0.879. The van der Waals surface area contributed by atoms with Crippen LogP contribution in [-0.2, 0) is 12.8 Å². The normalized spacial score (nSPS) is 15.7. The molecule has 1 aliphatic carbocycles. The molecule has 3 rings (SSSR count). The Morgan fingerprint density at radius 1 is 1.00 bits per heavy atom. The van der Waals surface area contributed by atoms with Crippen molar-refractivity contribution in [2.45, 2.75) is 25.7 Å². The molecule has 96 valence electrons. The van der Waals surface area contributed by atoms with Crippen molar-refractivity contribution in [3.05, 3.63) is 71.3 Å². The summed E-state index contributed by atoms with van der Waals surface area (Å²) in [5.41, 5.74) is 12.4. The first-order chi connectivity index (χ1) is 9.33. The summed E-state index contributed by atoms with van der Waals surface area (Å²) in [4.78, 5) is 0. The van der Waals surface area contributed by atoms with Gasteiger partial charge in [0.1, 0.15) is 0 Å². The highest BCUT2D eigenvalue weighted by molar-refractivity contribution is 5.74. The Kier molecular flexibility index (Phi) is 3.37. The van der Waals surface area contributed by atoms with E-state index in [1.807, 2.05) is 6.07 Å². The van der Waals surface area contributed by atoms with Gasteiger partial charge >= 0.3 is 0 Å². The molecule has 0 unspecified atom stereocenters. The second kappa shape index (κ2) is 5.31. The van der Waals surface area contributed by atoms with Crippen LogP contribution in [0.4, 0.5) is 5.69 Å². The zero-order valence-electron chi connectivity index (χ0n) is 11.1. The number of rotatable bonds is 3. The SMILES string of the molecule is Nc1ccc2c(c1)CCC2=CCCc1ccccc1. The van der Waals surface area contributed by atoms with E-state index in [2.05, 4.69) is 48.5 Å². The van der Waals surface area contributed by atoms with Gasteiger partial charge in [-0.3, -0.25) is 0 Å². The number of benzene rings is 2. The summed E-state index contributed by atoms with van der Waals surface area (Å²) in [6.07, 6.45) is 6.93. The first-order valence-electron chi connectivity index (χ1n) is 6.94. The van der Waals surface area contributed by atoms with E-state index in [1.165, 1.54) is 22.3 Å². The van der Waals surface area contributed by atoms with Gasteiger partial charge in [0.05, 0.1) is 0 Å². The third-order valence-electron chi connectivity index (χ3n) is 3.81. The fourth-order valence-corrected chi connectivity index (χ4v) is 2.81. The minimum Gasteiger partial charge on any atom is -0.399 e. The van der Waals surface area contributed by atoms with Gasteiger partial charge in [0.25, 0.3) is 0 Å². The molecule has 0 aromatic heterocycles. The Bertz CT molecular complexity index is 596. The first-order valence-corrected chi connectivity index (χ1v) is 6.94. The average molecular weight is 249 g/mol. The van der Waals surface area contributed by atoms with Crippen molar-refractivity contribution in [1.29, 1.82) is 0 Å². The minimum atomic E-state index is 0.879. The Labute approximate surface area is 114 Å². The molecule has 0 spiro atoms. The molecule has 0 fully saturated rings. The van der Waals surface area contributed by atoms with Gasteiger partial charge in [-0.05, 0) is 60.1 Å². The predicted molar refractivity (Wildman–Crippen MR) is 81.9 cm³/mol. The highest BCUT2D eigenvalue weighted by Crippen LogP contribution is 2.33. The molecular formula is C18H19N. The van der Waals surface area contributed by atoms with Gasteiger partial charge in [-0.15, -0.1) is 0 Å². The molecule has 0 heterocycles. The lowest BCUT2D eigenvalue weighted by Gasteiger charge is -2.03. The van der Waals surface area contributed by atoms with Crippen molar-refractivity contribution >= 4 is 11.3 Å². The van der Waals surface area contributed by atoms with Gasteiger partial charge in [-0.25, -0.2) is 0 Å². The van der Waals surface area contributed by atoms with Crippen molar-refractivity contribution in [3.8, 4) is 0 Å². The topological polar surface area (TPSA) is 26.0 Å². The Hall–Kier alpha value is -2.02. The van der Waals surface area contributed by atoms with E-state index < -0.39 is 0 Å². The molecule has 2 N–H and O–H groups in total. The smallest absolute Gasteiger partial charge is 0.0317 e. The van der Waals surface area contributed by atoms with E-state index in [9.17, 15) is 0 Å². The van der Waals surface area contributed by atoms with E-state index in [0.717, 1.165) is 31.4 Å². The van der Waals surface area contributed by atoms with Crippen LogP contribution in [0, 0.1) is 0 Å². The molecule has 2 aromatic rings. The zero-order chi connectivity index (χ0) is 13.1. The van der Waals surface area contributed by atoms with Gasteiger partial charge in [-0.2, -0.15) is 0 Å². The second-order valence-corrected chi connectivity index (χ2v) is 5.17. The molecule has 1 heteroatoms. The molecule has 0 saturated heterocycles. The van der Waals surface area contributed by atoms with Crippen molar-refractivity contribution in [3.63, 3.8) is 0 Å². The molecule has 0 bridgehead atoms. The molecule has 1 nitrogen and oxygen atoms in total. The monoisotopic (exact) mass is 249 g/mol. The van der Waals surface area contributed by atoms with Gasteiger partial charge in [0.2, 0.25) is 0 Å². The standard InChI is InChI=1S/C18H19N/c19-17-11-12-18-15(9-10-16(18)13-17)8-4-7-14-5-2-1-3-6-14/h1-3,5-6,8,11-13H,4,7,9-10,19H2. The van der Waals surface area contributed by atoms with E-state index >= 15 is 0 Å². The van der Waals surface area contributed by atoms with Crippen LogP contribution >= 0.6 is 0 Å². The molecule has 0 amide bonds. The second-order valence-electron chi connectivity index (χ2n) is 5.17. The number of hydrogen-bond acceptors (Lipinski definition) is 1.